The average molecular weight is 676 g/mol. The molecule has 4 heteroatoms. The van der Waals surface area contributed by atoms with E-state index in [9.17, 15) is 0 Å². The van der Waals surface area contributed by atoms with Crippen molar-refractivity contribution >= 4 is 65.2 Å². The van der Waals surface area contributed by atoms with Gasteiger partial charge in [-0.15, -0.1) is 0 Å². The first kappa shape index (κ1) is 29.5. The van der Waals surface area contributed by atoms with Gasteiger partial charge in [0.2, 0.25) is 0 Å². The van der Waals surface area contributed by atoms with E-state index < -0.39 is 0 Å². The molecule has 3 aromatic heterocycles. The van der Waals surface area contributed by atoms with Crippen molar-refractivity contribution < 1.29 is 4.42 Å². The van der Waals surface area contributed by atoms with E-state index in [1.54, 1.807) is 0 Å². The molecule has 11 rings (SSSR count). The smallest absolute Gasteiger partial charge is 0.160 e. The van der Waals surface area contributed by atoms with Crippen LogP contribution in [0.2, 0.25) is 0 Å². The van der Waals surface area contributed by atoms with Crippen LogP contribution in [0.3, 0.4) is 0 Å². The molecule has 11 aromatic rings. The van der Waals surface area contributed by atoms with Gasteiger partial charge < -0.3 is 4.42 Å². The van der Waals surface area contributed by atoms with E-state index in [2.05, 4.69) is 127 Å². The molecule has 0 atom stereocenters. The number of pyridine rings is 1. The van der Waals surface area contributed by atoms with Crippen LogP contribution >= 0.6 is 0 Å². The van der Waals surface area contributed by atoms with Crippen LogP contribution in [0.5, 0.6) is 0 Å². The van der Waals surface area contributed by atoms with Gasteiger partial charge in [-0.05, 0) is 56.6 Å². The SMILES string of the molecule is c1ccc(-c2cc(-c3cccc4nc(-c5ccc6c7ccccc7c7ccccc7c6c5)c5c6ccccc6oc5c34)nc(-c3ccccc3)n2)cc1. The lowest BCUT2D eigenvalue weighted by Gasteiger charge is -2.14. The Hall–Kier alpha value is -7.17. The number of aromatic nitrogens is 3. The van der Waals surface area contributed by atoms with E-state index in [0.717, 1.165) is 72.2 Å². The van der Waals surface area contributed by atoms with Crippen molar-refractivity contribution in [3.05, 3.63) is 176 Å². The van der Waals surface area contributed by atoms with Gasteiger partial charge in [0.05, 0.1) is 33.4 Å². The molecule has 0 aliphatic heterocycles. The largest absolute Gasteiger partial charge is 0.455 e. The number of furan rings is 1. The van der Waals surface area contributed by atoms with Gasteiger partial charge in [0.1, 0.15) is 11.2 Å². The summed E-state index contributed by atoms with van der Waals surface area (Å²) in [6.07, 6.45) is 0. The summed E-state index contributed by atoms with van der Waals surface area (Å²) in [6, 6.07) is 61.2. The van der Waals surface area contributed by atoms with Crippen molar-refractivity contribution in [2.75, 3.05) is 0 Å². The summed E-state index contributed by atoms with van der Waals surface area (Å²) in [5, 5.41) is 10.4. The maximum atomic E-state index is 6.85. The highest BCUT2D eigenvalue weighted by molar-refractivity contribution is 6.27. The van der Waals surface area contributed by atoms with Gasteiger partial charge in [-0.2, -0.15) is 0 Å². The molecule has 0 unspecified atom stereocenters. The van der Waals surface area contributed by atoms with Gasteiger partial charge >= 0.3 is 0 Å². The Balaban J connectivity index is 1.21. The van der Waals surface area contributed by atoms with Gasteiger partial charge in [0.25, 0.3) is 0 Å². The second kappa shape index (κ2) is 11.7. The van der Waals surface area contributed by atoms with E-state index in [4.69, 9.17) is 19.4 Å². The number of fused-ring (bicyclic) bond motifs is 11. The first-order chi connectivity index (χ1) is 26.3. The van der Waals surface area contributed by atoms with Crippen LogP contribution in [0.4, 0.5) is 0 Å². The van der Waals surface area contributed by atoms with Crippen molar-refractivity contribution in [1.82, 2.24) is 15.0 Å². The third kappa shape index (κ3) is 4.66. The third-order valence-corrected chi connectivity index (χ3v) is 10.5. The normalized spacial score (nSPS) is 11.8. The van der Waals surface area contributed by atoms with Crippen LogP contribution in [0.25, 0.3) is 110 Å². The molecule has 0 fully saturated rings. The summed E-state index contributed by atoms with van der Waals surface area (Å²) in [5.74, 6) is 0.667. The average Bonchev–Trinajstić information content (AvgIpc) is 3.63. The summed E-state index contributed by atoms with van der Waals surface area (Å²) < 4.78 is 6.85. The number of nitrogens with zero attached hydrogens (tertiary/aromatic N) is 3. The van der Waals surface area contributed by atoms with E-state index >= 15 is 0 Å². The number of hydrogen-bond donors (Lipinski definition) is 0. The lowest BCUT2D eigenvalue weighted by atomic mass is 9.92. The molecule has 0 spiro atoms. The fraction of sp³-hybridized carbons (Fsp3) is 0. The molecular weight excluding hydrogens is 647 g/mol. The number of benzene rings is 8. The van der Waals surface area contributed by atoms with Crippen LogP contribution in [0.1, 0.15) is 0 Å². The van der Waals surface area contributed by atoms with Gasteiger partial charge in [-0.3, -0.25) is 0 Å². The lowest BCUT2D eigenvalue weighted by molar-refractivity contribution is 0.672. The summed E-state index contributed by atoms with van der Waals surface area (Å²) in [4.78, 5) is 15.7. The maximum Gasteiger partial charge on any atom is 0.160 e. The van der Waals surface area contributed by atoms with E-state index in [1.807, 2.05) is 48.5 Å². The summed E-state index contributed by atoms with van der Waals surface area (Å²) in [5.41, 5.74) is 8.99. The minimum atomic E-state index is 0.667. The van der Waals surface area contributed by atoms with Gasteiger partial charge in [0, 0.05) is 27.6 Å². The van der Waals surface area contributed by atoms with Gasteiger partial charge in [-0.1, -0.05) is 152 Å². The molecule has 0 saturated heterocycles. The fourth-order valence-electron chi connectivity index (χ4n) is 8.04. The van der Waals surface area contributed by atoms with E-state index in [1.165, 1.54) is 32.3 Å². The molecule has 0 N–H and O–H groups in total. The second-order valence-corrected chi connectivity index (χ2v) is 13.5. The molecule has 0 bridgehead atoms. The quantitative estimate of drug-likeness (QED) is 0.174. The Labute approximate surface area is 304 Å². The van der Waals surface area contributed by atoms with Crippen LogP contribution in [0.15, 0.2) is 180 Å². The highest BCUT2D eigenvalue weighted by Crippen LogP contribution is 2.44. The van der Waals surface area contributed by atoms with Crippen molar-refractivity contribution in [2.24, 2.45) is 0 Å². The van der Waals surface area contributed by atoms with Crippen molar-refractivity contribution in [1.29, 1.82) is 0 Å². The zero-order valence-corrected chi connectivity index (χ0v) is 28.5. The minimum absolute atomic E-state index is 0.667. The minimum Gasteiger partial charge on any atom is -0.455 e. The Morgan fingerprint density at radius 3 is 1.66 bits per heavy atom. The van der Waals surface area contributed by atoms with E-state index in [-0.39, 0.29) is 0 Å². The second-order valence-electron chi connectivity index (χ2n) is 13.5. The Morgan fingerprint density at radius 2 is 0.943 bits per heavy atom. The van der Waals surface area contributed by atoms with Crippen molar-refractivity contribution in [3.8, 4) is 45.2 Å². The number of rotatable bonds is 4. The molecule has 246 valence electrons. The molecule has 0 amide bonds. The third-order valence-electron chi connectivity index (χ3n) is 10.5. The van der Waals surface area contributed by atoms with Crippen LogP contribution in [-0.2, 0) is 0 Å². The zero-order valence-electron chi connectivity index (χ0n) is 28.5. The first-order valence-corrected chi connectivity index (χ1v) is 17.9. The molecule has 3 heterocycles. The monoisotopic (exact) mass is 675 g/mol. The van der Waals surface area contributed by atoms with Gasteiger partial charge in [-0.25, -0.2) is 15.0 Å². The first-order valence-electron chi connectivity index (χ1n) is 17.9. The van der Waals surface area contributed by atoms with Crippen molar-refractivity contribution in [2.45, 2.75) is 0 Å². The number of hydrogen-bond acceptors (Lipinski definition) is 4. The number of para-hydroxylation sites is 1. The van der Waals surface area contributed by atoms with Crippen LogP contribution < -0.4 is 0 Å². The van der Waals surface area contributed by atoms with Crippen LogP contribution in [0, 0.1) is 0 Å². The summed E-state index contributed by atoms with van der Waals surface area (Å²) in [6.45, 7) is 0. The van der Waals surface area contributed by atoms with Crippen LogP contribution in [-0.4, -0.2) is 15.0 Å². The lowest BCUT2D eigenvalue weighted by Crippen LogP contribution is -1.97. The predicted octanol–water partition coefficient (Wildman–Crippen LogP) is 13.1. The molecule has 4 nitrogen and oxygen atoms in total. The Kier molecular flexibility index (Phi) is 6.52. The highest BCUT2D eigenvalue weighted by Gasteiger charge is 2.22. The maximum absolute atomic E-state index is 6.85. The Morgan fingerprint density at radius 1 is 0.358 bits per heavy atom. The van der Waals surface area contributed by atoms with Crippen molar-refractivity contribution in [3.63, 3.8) is 0 Å². The molecule has 53 heavy (non-hydrogen) atoms. The Bertz CT molecular complexity index is 3130. The molecule has 0 saturated carbocycles. The predicted molar refractivity (Wildman–Crippen MR) is 219 cm³/mol. The highest BCUT2D eigenvalue weighted by atomic mass is 16.3. The summed E-state index contributed by atoms with van der Waals surface area (Å²) in [7, 11) is 0. The zero-order chi connectivity index (χ0) is 34.9. The molecule has 0 aliphatic rings. The molecule has 0 radical (unpaired) electrons. The molecule has 0 aliphatic carbocycles. The standard InChI is InChI=1S/C49H29N3O/c1-3-14-30(15-4-1)42-29-43(52-49(51-42)31-16-5-2-6-17-31)38-23-13-24-41-45(38)48-46(39-22-11-12-25-44(39)53-48)47(50-41)32-26-27-37-35-20-8-7-18-33(35)34-19-9-10-21-36(34)40(37)28-32/h1-29H. The van der Waals surface area contributed by atoms with E-state index in [0.29, 0.717) is 5.82 Å². The molecule has 8 aromatic carbocycles. The summed E-state index contributed by atoms with van der Waals surface area (Å²) >= 11 is 0. The topological polar surface area (TPSA) is 51.8 Å². The molecular formula is C49H29N3O. The van der Waals surface area contributed by atoms with Gasteiger partial charge in [0.15, 0.2) is 5.82 Å². The fourth-order valence-corrected chi connectivity index (χ4v) is 8.04.